The zero-order valence-corrected chi connectivity index (χ0v) is 11.2. The van der Waals surface area contributed by atoms with Gasteiger partial charge in [0.25, 0.3) is 5.69 Å². The highest BCUT2D eigenvalue weighted by atomic mass is 32.2. The molecule has 19 heavy (non-hydrogen) atoms. The van der Waals surface area contributed by atoms with Crippen LogP contribution in [0.5, 0.6) is 0 Å². The van der Waals surface area contributed by atoms with Gasteiger partial charge in [0.15, 0.2) is 0 Å². The largest absolute Gasteiger partial charge is 0.480 e. The fourth-order valence-electron chi connectivity index (χ4n) is 2.24. The van der Waals surface area contributed by atoms with Crippen molar-refractivity contribution in [3.63, 3.8) is 0 Å². The van der Waals surface area contributed by atoms with Crippen LogP contribution >= 0.6 is 11.8 Å². The Morgan fingerprint density at radius 3 is 2.95 bits per heavy atom. The molecule has 0 bridgehead atoms. The molecule has 0 aromatic heterocycles. The standard InChI is InChI=1S/C12H14N2O4S/c1-8-3-2-4-9(14(17)18)11(8)13-5-6-19-7-10(13)12(15)16/h2-4,10H,5-7H2,1H3,(H,15,16). The average molecular weight is 282 g/mol. The predicted octanol–water partition coefficient (Wildman–Crippen LogP) is 1.91. The highest BCUT2D eigenvalue weighted by Gasteiger charge is 2.33. The van der Waals surface area contributed by atoms with Gasteiger partial charge in [-0.2, -0.15) is 11.8 Å². The number of nitro groups is 1. The van der Waals surface area contributed by atoms with E-state index in [2.05, 4.69) is 0 Å². The first kappa shape index (κ1) is 13.7. The Bertz CT molecular complexity index is 520. The van der Waals surface area contributed by atoms with Crippen LogP contribution in [0, 0.1) is 17.0 Å². The van der Waals surface area contributed by atoms with Crippen LogP contribution in [0.15, 0.2) is 18.2 Å². The normalized spacial score (nSPS) is 19.2. The molecule has 0 radical (unpaired) electrons. The van der Waals surface area contributed by atoms with Gasteiger partial charge in [-0.1, -0.05) is 12.1 Å². The molecule has 1 heterocycles. The van der Waals surface area contributed by atoms with Gasteiger partial charge in [-0.3, -0.25) is 10.1 Å². The molecule has 1 unspecified atom stereocenters. The number of aliphatic carboxylic acids is 1. The number of hydrogen-bond acceptors (Lipinski definition) is 5. The zero-order valence-electron chi connectivity index (χ0n) is 10.4. The number of anilines is 1. The summed E-state index contributed by atoms with van der Waals surface area (Å²) >= 11 is 1.56. The lowest BCUT2D eigenvalue weighted by Crippen LogP contribution is -2.48. The number of rotatable bonds is 3. The van der Waals surface area contributed by atoms with E-state index >= 15 is 0 Å². The summed E-state index contributed by atoms with van der Waals surface area (Å²) in [6.07, 6.45) is 0. The van der Waals surface area contributed by atoms with Crippen molar-refractivity contribution in [1.29, 1.82) is 0 Å². The van der Waals surface area contributed by atoms with Crippen molar-refractivity contribution in [1.82, 2.24) is 0 Å². The van der Waals surface area contributed by atoms with Gasteiger partial charge >= 0.3 is 5.97 Å². The molecule has 1 aliphatic heterocycles. The van der Waals surface area contributed by atoms with E-state index < -0.39 is 16.9 Å². The Morgan fingerprint density at radius 1 is 1.58 bits per heavy atom. The van der Waals surface area contributed by atoms with Gasteiger partial charge in [-0.25, -0.2) is 4.79 Å². The van der Waals surface area contributed by atoms with Gasteiger partial charge in [0, 0.05) is 24.1 Å². The summed E-state index contributed by atoms with van der Waals surface area (Å²) in [6.45, 7) is 2.27. The van der Waals surface area contributed by atoms with Crippen LogP contribution in [0.4, 0.5) is 11.4 Å². The Balaban J connectivity index is 2.49. The molecule has 7 heteroatoms. The molecule has 1 atom stereocenters. The molecule has 0 saturated carbocycles. The molecule has 102 valence electrons. The lowest BCUT2D eigenvalue weighted by Gasteiger charge is -2.34. The topological polar surface area (TPSA) is 83.7 Å². The zero-order chi connectivity index (χ0) is 14.0. The van der Waals surface area contributed by atoms with Crippen LogP contribution in [0.2, 0.25) is 0 Å². The van der Waals surface area contributed by atoms with Crippen molar-refractivity contribution in [3.8, 4) is 0 Å². The maximum Gasteiger partial charge on any atom is 0.327 e. The van der Waals surface area contributed by atoms with Crippen LogP contribution in [-0.4, -0.2) is 40.1 Å². The SMILES string of the molecule is Cc1cccc([N+](=O)[O-])c1N1CCSCC1C(=O)O. The number of nitrogens with zero attached hydrogens (tertiary/aromatic N) is 2. The first-order valence-corrected chi connectivity index (χ1v) is 6.99. The Hall–Kier alpha value is -1.76. The molecule has 2 rings (SSSR count). The molecular weight excluding hydrogens is 268 g/mol. The predicted molar refractivity (Wildman–Crippen MR) is 73.9 cm³/mol. The first-order chi connectivity index (χ1) is 9.02. The molecule has 6 nitrogen and oxygen atoms in total. The third kappa shape index (κ3) is 2.65. The second-order valence-electron chi connectivity index (χ2n) is 4.32. The van der Waals surface area contributed by atoms with Crippen molar-refractivity contribution < 1.29 is 14.8 Å². The quantitative estimate of drug-likeness (QED) is 0.673. The average Bonchev–Trinajstić information content (AvgIpc) is 2.38. The van der Waals surface area contributed by atoms with Crippen LogP contribution in [0.25, 0.3) is 0 Å². The molecule has 0 amide bonds. The van der Waals surface area contributed by atoms with E-state index in [1.165, 1.54) is 6.07 Å². The fourth-order valence-corrected chi connectivity index (χ4v) is 3.28. The second-order valence-corrected chi connectivity index (χ2v) is 5.47. The van der Waals surface area contributed by atoms with E-state index in [1.54, 1.807) is 35.7 Å². The van der Waals surface area contributed by atoms with Crippen LogP contribution < -0.4 is 4.90 Å². The third-order valence-corrected chi connectivity index (χ3v) is 4.14. The van der Waals surface area contributed by atoms with Gasteiger partial charge in [0.1, 0.15) is 11.7 Å². The summed E-state index contributed by atoms with van der Waals surface area (Å²) in [4.78, 5) is 23.6. The first-order valence-electron chi connectivity index (χ1n) is 5.83. The molecule has 0 aliphatic carbocycles. The summed E-state index contributed by atoms with van der Waals surface area (Å²) in [5.74, 6) is 0.278. The maximum absolute atomic E-state index is 11.3. The van der Waals surface area contributed by atoms with Gasteiger partial charge in [-0.05, 0) is 12.5 Å². The van der Waals surface area contributed by atoms with Crippen molar-refractivity contribution in [2.75, 3.05) is 23.0 Å². The molecule has 1 aromatic carbocycles. The minimum absolute atomic E-state index is 0.0295. The van der Waals surface area contributed by atoms with E-state index in [9.17, 15) is 20.0 Å². The smallest absolute Gasteiger partial charge is 0.327 e. The van der Waals surface area contributed by atoms with E-state index in [0.717, 1.165) is 11.3 Å². The van der Waals surface area contributed by atoms with Crippen LogP contribution in [0.1, 0.15) is 5.56 Å². The number of carboxylic acid groups (broad SMARTS) is 1. The van der Waals surface area contributed by atoms with Crippen molar-refractivity contribution in [2.45, 2.75) is 13.0 Å². The number of carbonyl (C=O) groups is 1. The molecule has 0 spiro atoms. The lowest BCUT2D eigenvalue weighted by atomic mass is 10.1. The third-order valence-electron chi connectivity index (χ3n) is 3.11. The van der Waals surface area contributed by atoms with E-state index in [4.69, 9.17) is 0 Å². The van der Waals surface area contributed by atoms with Crippen LogP contribution in [-0.2, 0) is 4.79 Å². The number of para-hydroxylation sites is 1. The second kappa shape index (κ2) is 5.48. The molecule has 1 aromatic rings. The molecule has 1 fully saturated rings. The number of hydrogen-bond donors (Lipinski definition) is 1. The number of thioether (sulfide) groups is 1. The highest BCUT2D eigenvalue weighted by molar-refractivity contribution is 7.99. The van der Waals surface area contributed by atoms with Crippen LogP contribution in [0.3, 0.4) is 0 Å². The van der Waals surface area contributed by atoms with Gasteiger partial charge in [0.2, 0.25) is 0 Å². The van der Waals surface area contributed by atoms with E-state index in [-0.39, 0.29) is 5.69 Å². The minimum atomic E-state index is -0.940. The summed E-state index contributed by atoms with van der Waals surface area (Å²) in [7, 11) is 0. The van der Waals surface area contributed by atoms with Crippen molar-refractivity contribution in [3.05, 3.63) is 33.9 Å². The maximum atomic E-state index is 11.3. The van der Waals surface area contributed by atoms with Gasteiger partial charge < -0.3 is 10.0 Å². The van der Waals surface area contributed by atoms with Crippen molar-refractivity contribution in [2.24, 2.45) is 0 Å². The van der Waals surface area contributed by atoms with Gasteiger partial charge in [-0.15, -0.1) is 0 Å². The molecular formula is C12H14N2O4S. The van der Waals surface area contributed by atoms with Gasteiger partial charge in [0.05, 0.1) is 4.92 Å². The Morgan fingerprint density at radius 2 is 2.32 bits per heavy atom. The summed E-state index contributed by atoms with van der Waals surface area (Å²) < 4.78 is 0. The molecule has 1 saturated heterocycles. The number of nitro benzene ring substituents is 1. The summed E-state index contributed by atoms with van der Waals surface area (Å²) in [5, 5.41) is 20.4. The highest BCUT2D eigenvalue weighted by Crippen LogP contribution is 2.35. The van der Waals surface area contributed by atoms with E-state index in [1.807, 2.05) is 0 Å². The fraction of sp³-hybridized carbons (Fsp3) is 0.417. The summed E-state index contributed by atoms with van der Waals surface area (Å²) in [6, 6.07) is 4.09. The minimum Gasteiger partial charge on any atom is -0.480 e. The van der Waals surface area contributed by atoms with Crippen molar-refractivity contribution >= 4 is 29.1 Å². The summed E-state index contributed by atoms with van der Waals surface area (Å²) in [5.41, 5.74) is 1.13. The number of aryl methyl sites for hydroxylation is 1. The molecule has 1 N–H and O–H groups in total. The number of benzene rings is 1. The number of carboxylic acids is 1. The Kier molecular flexibility index (Phi) is 3.94. The Labute approximate surface area is 114 Å². The lowest BCUT2D eigenvalue weighted by molar-refractivity contribution is -0.384. The monoisotopic (exact) mass is 282 g/mol. The van der Waals surface area contributed by atoms with E-state index in [0.29, 0.717) is 18.0 Å². The molecule has 1 aliphatic rings.